The average molecular weight is 372 g/mol. The molecule has 0 N–H and O–H groups in total. The summed E-state index contributed by atoms with van der Waals surface area (Å²) in [5.41, 5.74) is 0.756. The molecule has 7 heteroatoms. The van der Waals surface area contributed by atoms with Crippen LogP contribution < -0.4 is 5.46 Å². The molecule has 0 spiro atoms. The number of hydrogen-bond acceptors (Lipinski definition) is 4. The molecular formula is C20H26BFN2O3. The van der Waals surface area contributed by atoms with Crippen LogP contribution in [0.5, 0.6) is 0 Å². The summed E-state index contributed by atoms with van der Waals surface area (Å²) in [6.45, 7) is 8.73. The van der Waals surface area contributed by atoms with Crippen LogP contribution in [-0.2, 0) is 14.0 Å². The van der Waals surface area contributed by atoms with Gasteiger partial charge in [0.1, 0.15) is 12.0 Å². The van der Waals surface area contributed by atoms with Gasteiger partial charge in [-0.2, -0.15) is 5.10 Å². The van der Waals surface area contributed by atoms with E-state index in [1.807, 2.05) is 40.0 Å². The zero-order valence-corrected chi connectivity index (χ0v) is 16.4. The van der Waals surface area contributed by atoms with Gasteiger partial charge in [0.15, 0.2) is 0 Å². The minimum absolute atomic E-state index is 0.138. The third-order valence-corrected chi connectivity index (χ3v) is 5.85. The largest absolute Gasteiger partial charge is 0.498 e. The first-order chi connectivity index (χ1) is 12.8. The molecule has 27 heavy (non-hydrogen) atoms. The van der Waals surface area contributed by atoms with Crippen LogP contribution in [0, 0.1) is 5.82 Å². The molecule has 2 aliphatic rings. The summed E-state index contributed by atoms with van der Waals surface area (Å²) in [5, 5.41) is 4.70. The molecule has 4 rings (SSSR count). The van der Waals surface area contributed by atoms with Crippen molar-refractivity contribution in [3.8, 4) is 11.3 Å². The van der Waals surface area contributed by atoms with E-state index in [-0.39, 0.29) is 12.0 Å². The van der Waals surface area contributed by atoms with Gasteiger partial charge in [0.25, 0.3) is 0 Å². The van der Waals surface area contributed by atoms with Crippen molar-refractivity contribution in [3.05, 3.63) is 36.3 Å². The summed E-state index contributed by atoms with van der Waals surface area (Å²) in [6.07, 6.45) is 4.79. The molecule has 2 fully saturated rings. The normalized spacial score (nSPS) is 24.3. The van der Waals surface area contributed by atoms with Crippen molar-refractivity contribution in [2.45, 2.75) is 64.4 Å². The van der Waals surface area contributed by atoms with E-state index in [4.69, 9.17) is 19.1 Å². The Morgan fingerprint density at radius 2 is 1.81 bits per heavy atom. The minimum Gasteiger partial charge on any atom is -0.399 e. The second-order valence-electron chi connectivity index (χ2n) is 8.30. The topological polar surface area (TPSA) is 45.5 Å². The van der Waals surface area contributed by atoms with Crippen LogP contribution in [0.2, 0.25) is 0 Å². The molecule has 1 unspecified atom stereocenters. The Bertz CT molecular complexity index is 814. The number of halogens is 1. The van der Waals surface area contributed by atoms with E-state index in [1.165, 1.54) is 6.07 Å². The highest BCUT2D eigenvalue weighted by molar-refractivity contribution is 6.63. The number of hydrogen-bond donors (Lipinski definition) is 0. The standard InChI is InChI=1S/C20H26BFN2O3/c1-19(2)20(3,4)27-21(26-19)15-13-24(17-11-7-8-12-25-17)23-18(15)14-9-5-6-10-16(14)22/h5-6,9-10,13,17H,7-8,11-12H2,1-4H3. The van der Waals surface area contributed by atoms with Crippen molar-refractivity contribution < 1.29 is 18.4 Å². The Hall–Kier alpha value is -1.70. The molecule has 144 valence electrons. The van der Waals surface area contributed by atoms with Crippen molar-refractivity contribution in [2.24, 2.45) is 0 Å². The van der Waals surface area contributed by atoms with Crippen molar-refractivity contribution in [3.63, 3.8) is 0 Å². The molecule has 0 radical (unpaired) electrons. The predicted molar refractivity (Wildman–Crippen MR) is 102 cm³/mol. The molecule has 0 saturated carbocycles. The van der Waals surface area contributed by atoms with Gasteiger partial charge in [-0.1, -0.05) is 12.1 Å². The van der Waals surface area contributed by atoms with Gasteiger partial charge in [-0.3, -0.25) is 0 Å². The van der Waals surface area contributed by atoms with Crippen LogP contribution in [0.25, 0.3) is 11.3 Å². The summed E-state index contributed by atoms with van der Waals surface area (Å²) < 4.78 is 34.6. The van der Waals surface area contributed by atoms with Crippen molar-refractivity contribution in [2.75, 3.05) is 6.61 Å². The fourth-order valence-corrected chi connectivity index (χ4v) is 3.49. The third kappa shape index (κ3) is 3.32. The van der Waals surface area contributed by atoms with E-state index in [2.05, 4.69) is 0 Å². The Morgan fingerprint density at radius 1 is 1.11 bits per heavy atom. The van der Waals surface area contributed by atoms with Crippen molar-refractivity contribution in [1.82, 2.24) is 9.78 Å². The van der Waals surface area contributed by atoms with Gasteiger partial charge in [-0.25, -0.2) is 9.07 Å². The van der Waals surface area contributed by atoms with E-state index in [0.29, 0.717) is 17.9 Å². The molecule has 0 amide bonds. The molecule has 1 atom stereocenters. The number of aromatic nitrogens is 2. The smallest absolute Gasteiger partial charge is 0.399 e. The number of rotatable bonds is 3. The van der Waals surface area contributed by atoms with Crippen molar-refractivity contribution >= 4 is 12.6 Å². The van der Waals surface area contributed by atoms with Crippen LogP contribution in [-0.4, -0.2) is 34.7 Å². The summed E-state index contributed by atoms with van der Waals surface area (Å²) in [5.74, 6) is -0.315. The summed E-state index contributed by atoms with van der Waals surface area (Å²) >= 11 is 0. The van der Waals surface area contributed by atoms with Crippen LogP contribution in [0.4, 0.5) is 4.39 Å². The Balaban J connectivity index is 1.77. The number of ether oxygens (including phenoxy) is 1. The van der Waals surface area contributed by atoms with Crippen LogP contribution >= 0.6 is 0 Å². The van der Waals surface area contributed by atoms with E-state index < -0.39 is 18.3 Å². The second kappa shape index (κ2) is 6.72. The van der Waals surface area contributed by atoms with Gasteiger partial charge in [0, 0.05) is 23.8 Å². The fourth-order valence-electron chi connectivity index (χ4n) is 3.49. The highest BCUT2D eigenvalue weighted by atomic mass is 19.1. The fraction of sp³-hybridized carbons (Fsp3) is 0.550. The first-order valence-electron chi connectivity index (χ1n) is 9.60. The van der Waals surface area contributed by atoms with Gasteiger partial charge < -0.3 is 14.0 Å². The summed E-state index contributed by atoms with van der Waals surface area (Å²) in [4.78, 5) is 0. The Kier molecular flexibility index (Phi) is 4.65. The average Bonchev–Trinajstić information content (AvgIpc) is 3.15. The zero-order chi connectivity index (χ0) is 19.2. The van der Waals surface area contributed by atoms with Gasteiger partial charge in [-0.05, 0) is 59.1 Å². The maximum atomic E-state index is 14.5. The monoisotopic (exact) mass is 372 g/mol. The molecule has 1 aromatic heterocycles. The van der Waals surface area contributed by atoms with E-state index in [9.17, 15) is 4.39 Å². The lowest BCUT2D eigenvalue weighted by Gasteiger charge is -2.32. The molecule has 2 saturated heterocycles. The molecular weight excluding hydrogens is 346 g/mol. The quantitative estimate of drug-likeness (QED) is 0.771. The van der Waals surface area contributed by atoms with Crippen molar-refractivity contribution in [1.29, 1.82) is 0 Å². The predicted octanol–water partition coefficient (Wildman–Crippen LogP) is 3.69. The summed E-state index contributed by atoms with van der Waals surface area (Å²) in [7, 11) is -0.609. The second-order valence-corrected chi connectivity index (χ2v) is 8.30. The van der Waals surface area contributed by atoms with Crippen LogP contribution in [0.1, 0.15) is 53.2 Å². The Labute approximate surface area is 159 Å². The maximum absolute atomic E-state index is 14.5. The van der Waals surface area contributed by atoms with Crippen LogP contribution in [0.3, 0.4) is 0 Å². The molecule has 5 nitrogen and oxygen atoms in total. The van der Waals surface area contributed by atoms with E-state index >= 15 is 0 Å². The Morgan fingerprint density at radius 3 is 2.44 bits per heavy atom. The van der Waals surface area contributed by atoms with Crippen LogP contribution in [0.15, 0.2) is 30.5 Å². The first kappa shape index (κ1) is 18.7. The molecule has 0 bridgehead atoms. The zero-order valence-electron chi connectivity index (χ0n) is 16.4. The van der Waals surface area contributed by atoms with Gasteiger partial charge >= 0.3 is 7.12 Å². The highest BCUT2D eigenvalue weighted by Gasteiger charge is 2.53. The van der Waals surface area contributed by atoms with Gasteiger partial charge in [0.2, 0.25) is 0 Å². The molecule has 0 aliphatic carbocycles. The SMILES string of the molecule is CC1(C)OB(c2cn(C3CCCCO3)nc2-c2ccccc2F)OC1(C)C. The molecule has 2 aromatic rings. The lowest BCUT2D eigenvalue weighted by atomic mass is 9.78. The molecule has 2 aliphatic heterocycles. The third-order valence-electron chi connectivity index (χ3n) is 5.85. The minimum atomic E-state index is -0.609. The summed E-state index contributed by atoms with van der Waals surface area (Å²) in [6, 6.07) is 6.66. The highest BCUT2D eigenvalue weighted by Crippen LogP contribution is 2.37. The first-order valence-corrected chi connectivity index (χ1v) is 9.60. The van der Waals surface area contributed by atoms with Gasteiger partial charge in [0.05, 0.1) is 16.9 Å². The van der Waals surface area contributed by atoms with Gasteiger partial charge in [-0.15, -0.1) is 0 Å². The van der Waals surface area contributed by atoms with E-state index in [0.717, 1.165) is 24.7 Å². The number of benzene rings is 1. The lowest BCUT2D eigenvalue weighted by molar-refractivity contribution is -0.0393. The van der Waals surface area contributed by atoms with E-state index in [1.54, 1.807) is 16.8 Å². The molecule has 3 heterocycles. The maximum Gasteiger partial charge on any atom is 0.498 e. The number of nitrogens with zero attached hydrogens (tertiary/aromatic N) is 2. The molecule has 1 aromatic carbocycles. The lowest BCUT2D eigenvalue weighted by Crippen LogP contribution is -2.41.